The van der Waals surface area contributed by atoms with Gasteiger partial charge in [-0.3, -0.25) is 4.79 Å². The summed E-state index contributed by atoms with van der Waals surface area (Å²) in [6.07, 6.45) is 2.76. The number of aromatic nitrogens is 1. The second-order valence-electron chi connectivity index (χ2n) is 4.85. The first-order valence-electron chi connectivity index (χ1n) is 6.58. The Morgan fingerprint density at radius 1 is 1.19 bits per heavy atom. The molecule has 0 unspecified atom stereocenters. The summed E-state index contributed by atoms with van der Waals surface area (Å²) in [5.74, 6) is -0.139. The van der Waals surface area contributed by atoms with Crippen LogP contribution in [0.1, 0.15) is 15.9 Å². The first kappa shape index (κ1) is 13.4. The zero-order valence-electron chi connectivity index (χ0n) is 11.5. The van der Waals surface area contributed by atoms with Crippen LogP contribution in [0.3, 0.4) is 0 Å². The monoisotopic (exact) mass is 283 g/mol. The Balaban J connectivity index is 1.97. The van der Waals surface area contributed by atoms with Crippen molar-refractivity contribution in [2.75, 3.05) is 7.11 Å². The van der Waals surface area contributed by atoms with Crippen LogP contribution in [-0.2, 0) is 6.54 Å². The number of benzene rings is 2. The number of carbonyl (C=O) groups excluding carboxylic acids is 1. The zero-order valence-corrected chi connectivity index (χ0v) is 11.5. The molecule has 3 rings (SSSR count). The van der Waals surface area contributed by atoms with Crippen molar-refractivity contribution in [2.24, 2.45) is 0 Å². The highest BCUT2D eigenvalue weighted by molar-refractivity contribution is 5.87. The lowest BCUT2D eigenvalue weighted by atomic mass is 10.1. The van der Waals surface area contributed by atoms with Gasteiger partial charge in [0.25, 0.3) is 0 Å². The van der Waals surface area contributed by atoms with Gasteiger partial charge in [-0.05, 0) is 35.2 Å². The van der Waals surface area contributed by atoms with Crippen LogP contribution in [0, 0.1) is 5.82 Å². The average Bonchev–Trinajstić information content (AvgIpc) is 2.90. The Bertz CT molecular complexity index is 808. The van der Waals surface area contributed by atoms with Crippen LogP contribution in [0.2, 0.25) is 0 Å². The summed E-state index contributed by atoms with van der Waals surface area (Å²) in [5, 5.41) is 1.05. The number of halogens is 1. The van der Waals surface area contributed by atoms with E-state index >= 15 is 0 Å². The third-order valence-electron chi connectivity index (χ3n) is 3.50. The number of methoxy groups -OCH3 is 1. The van der Waals surface area contributed by atoms with Gasteiger partial charge in [-0.1, -0.05) is 18.2 Å². The van der Waals surface area contributed by atoms with E-state index < -0.39 is 0 Å². The molecule has 0 bridgehead atoms. The number of hydrogen-bond donors (Lipinski definition) is 0. The van der Waals surface area contributed by atoms with Gasteiger partial charge in [0.05, 0.1) is 7.11 Å². The van der Waals surface area contributed by atoms with Crippen LogP contribution in [0.4, 0.5) is 4.39 Å². The molecule has 3 nitrogen and oxygen atoms in total. The Morgan fingerprint density at radius 2 is 2.05 bits per heavy atom. The lowest BCUT2D eigenvalue weighted by Crippen LogP contribution is -1.99. The zero-order chi connectivity index (χ0) is 14.8. The fourth-order valence-electron chi connectivity index (χ4n) is 2.42. The van der Waals surface area contributed by atoms with Crippen molar-refractivity contribution in [3.8, 4) is 5.75 Å². The molecule has 0 aliphatic carbocycles. The van der Waals surface area contributed by atoms with Gasteiger partial charge in [-0.2, -0.15) is 0 Å². The molecule has 0 fully saturated rings. The molecular weight excluding hydrogens is 269 g/mol. The maximum atomic E-state index is 13.7. The second-order valence-corrected chi connectivity index (χ2v) is 4.85. The van der Waals surface area contributed by atoms with Crippen molar-refractivity contribution in [1.29, 1.82) is 0 Å². The van der Waals surface area contributed by atoms with Gasteiger partial charge in [0, 0.05) is 23.8 Å². The topological polar surface area (TPSA) is 31.2 Å². The van der Waals surface area contributed by atoms with Crippen molar-refractivity contribution in [2.45, 2.75) is 6.54 Å². The molecule has 0 N–H and O–H groups in total. The minimum atomic E-state index is -0.375. The first-order chi connectivity index (χ1) is 10.2. The number of ether oxygens (including phenoxy) is 1. The molecule has 0 amide bonds. The Hall–Kier alpha value is -2.62. The van der Waals surface area contributed by atoms with Gasteiger partial charge >= 0.3 is 0 Å². The minimum absolute atomic E-state index is 0.236. The quantitative estimate of drug-likeness (QED) is 0.684. The lowest BCUT2D eigenvalue weighted by Gasteiger charge is -2.08. The number of carbonyl (C=O) groups is 1. The summed E-state index contributed by atoms with van der Waals surface area (Å²) in [6.45, 7) is 0.534. The molecule has 0 aliphatic heterocycles. The summed E-state index contributed by atoms with van der Waals surface area (Å²) >= 11 is 0. The van der Waals surface area contributed by atoms with E-state index in [-0.39, 0.29) is 11.6 Å². The molecular formula is C17H14FNO2. The highest BCUT2D eigenvalue weighted by Gasteiger charge is 2.06. The molecule has 0 radical (unpaired) electrons. The van der Waals surface area contributed by atoms with Crippen LogP contribution in [-0.4, -0.2) is 18.0 Å². The van der Waals surface area contributed by atoms with Crippen molar-refractivity contribution in [3.63, 3.8) is 0 Å². The van der Waals surface area contributed by atoms with Crippen LogP contribution in [0.15, 0.2) is 48.7 Å². The van der Waals surface area contributed by atoms with E-state index in [0.717, 1.165) is 22.8 Å². The molecule has 2 aromatic carbocycles. The SMILES string of the molecule is COc1ccc(Cn2ccc3ccc(C=O)cc32)cc1F. The summed E-state index contributed by atoms with van der Waals surface area (Å²) in [4.78, 5) is 10.9. The van der Waals surface area contributed by atoms with Crippen LogP contribution in [0.5, 0.6) is 5.75 Å². The fraction of sp³-hybridized carbons (Fsp3) is 0.118. The molecule has 1 aromatic heterocycles. The number of fused-ring (bicyclic) bond motifs is 1. The number of nitrogens with zero attached hydrogens (tertiary/aromatic N) is 1. The highest BCUT2D eigenvalue weighted by atomic mass is 19.1. The van der Waals surface area contributed by atoms with Crippen LogP contribution >= 0.6 is 0 Å². The number of rotatable bonds is 4. The maximum Gasteiger partial charge on any atom is 0.165 e. The standard InChI is InChI=1S/C17H14FNO2/c1-21-17-5-3-12(8-15(17)18)10-19-7-6-14-4-2-13(11-20)9-16(14)19/h2-9,11H,10H2,1H3. The largest absolute Gasteiger partial charge is 0.494 e. The second kappa shape index (κ2) is 5.40. The van der Waals surface area contributed by atoms with Gasteiger partial charge < -0.3 is 9.30 Å². The van der Waals surface area contributed by atoms with Gasteiger partial charge in [0.1, 0.15) is 6.29 Å². The van der Waals surface area contributed by atoms with Gasteiger partial charge in [0.15, 0.2) is 11.6 Å². The average molecular weight is 283 g/mol. The van der Waals surface area contributed by atoms with Gasteiger partial charge in [-0.15, -0.1) is 0 Å². The number of aldehydes is 1. The summed E-state index contributed by atoms with van der Waals surface area (Å²) < 4.78 is 20.6. The van der Waals surface area contributed by atoms with E-state index in [9.17, 15) is 9.18 Å². The van der Waals surface area contributed by atoms with Crippen LogP contribution in [0.25, 0.3) is 10.9 Å². The fourth-order valence-corrected chi connectivity index (χ4v) is 2.42. The predicted octanol–water partition coefficient (Wildman–Crippen LogP) is 3.65. The van der Waals surface area contributed by atoms with E-state index in [1.165, 1.54) is 13.2 Å². The minimum Gasteiger partial charge on any atom is -0.494 e. The summed E-state index contributed by atoms with van der Waals surface area (Å²) in [6, 6.07) is 12.4. The molecule has 21 heavy (non-hydrogen) atoms. The first-order valence-corrected chi connectivity index (χ1v) is 6.58. The molecule has 0 atom stereocenters. The molecule has 4 heteroatoms. The van der Waals surface area contributed by atoms with Crippen molar-refractivity contribution < 1.29 is 13.9 Å². The Kier molecular flexibility index (Phi) is 3.44. The third-order valence-corrected chi connectivity index (χ3v) is 3.50. The summed E-state index contributed by atoms with van der Waals surface area (Å²) in [7, 11) is 1.44. The third kappa shape index (κ3) is 2.52. The van der Waals surface area contributed by atoms with Gasteiger partial charge in [-0.25, -0.2) is 4.39 Å². The normalized spacial score (nSPS) is 10.8. The number of hydrogen-bond acceptors (Lipinski definition) is 2. The molecule has 0 saturated heterocycles. The van der Waals surface area contributed by atoms with Crippen molar-refractivity contribution in [3.05, 3.63) is 65.6 Å². The highest BCUT2D eigenvalue weighted by Crippen LogP contribution is 2.21. The van der Waals surface area contributed by atoms with E-state index in [1.54, 1.807) is 12.1 Å². The smallest absolute Gasteiger partial charge is 0.165 e. The van der Waals surface area contributed by atoms with E-state index in [2.05, 4.69) is 0 Å². The van der Waals surface area contributed by atoms with E-state index in [0.29, 0.717) is 12.1 Å². The van der Waals surface area contributed by atoms with Crippen molar-refractivity contribution >= 4 is 17.2 Å². The summed E-state index contributed by atoms with van der Waals surface area (Å²) in [5.41, 5.74) is 2.42. The molecule has 1 heterocycles. The Labute approximate surface area is 121 Å². The van der Waals surface area contributed by atoms with Crippen molar-refractivity contribution in [1.82, 2.24) is 4.57 Å². The molecule has 3 aromatic rings. The van der Waals surface area contributed by atoms with Crippen LogP contribution < -0.4 is 4.74 Å². The molecule has 0 saturated carbocycles. The molecule has 0 aliphatic rings. The molecule has 106 valence electrons. The van der Waals surface area contributed by atoms with Gasteiger partial charge in [0.2, 0.25) is 0 Å². The molecule has 0 spiro atoms. The Morgan fingerprint density at radius 3 is 2.76 bits per heavy atom. The maximum absolute atomic E-state index is 13.7. The predicted molar refractivity (Wildman–Crippen MR) is 79.4 cm³/mol. The lowest BCUT2D eigenvalue weighted by molar-refractivity contribution is 0.112. The van der Waals surface area contributed by atoms with E-state index in [4.69, 9.17) is 4.74 Å². The van der Waals surface area contributed by atoms with E-state index in [1.807, 2.05) is 35.0 Å².